The molecule has 1 aromatic heterocycles. The number of hydrogen-bond donors (Lipinski definition) is 0. The van der Waals surface area contributed by atoms with Gasteiger partial charge < -0.3 is 4.74 Å². The molecule has 78 valence electrons. The zero-order valence-corrected chi connectivity index (χ0v) is 10.2. The van der Waals surface area contributed by atoms with Crippen molar-refractivity contribution in [3.8, 4) is 0 Å². The number of halogens is 1. The zero-order chi connectivity index (χ0) is 10.4. The van der Waals surface area contributed by atoms with Gasteiger partial charge in [0.2, 0.25) is 0 Å². The molecule has 1 rings (SSSR count). The molecule has 0 aliphatic heterocycles. The number of hydrogen-bond acceptors (Lipinski definition) is 2. The van der Waals surface area contributed by atoms with Crippen LogP contribution in [0.1, 0.15) is 24.8 Å². The maximum atomic E-state index is 5.06. The molecule has 2 nitrogen and oxygen atoms in total. The van der Waals surface area contributed by atoms with E-state index >= 15 is 0 Å². The maximum absolute atomic E-state index is 5.06. The van der Waals surface area contributed by atoms with E-state index in [1.54, 1.807) is 7.11 Å². The number of aromatic nitrogens is 1. The van der Waals surface area contributed by atoms with E-state index in [0.717, 1.165) is 13.0 Å². The summed E-state index contributed by atoms with van der Waals surface area (Å²) >= 11 is 3.68. The molecule has 1 aromatic rings. The average molecular weight is 258 g/mol. The van der Waals surface area contributed by atoms with Crippen LogP contribution < -0.4 is 0 Å². The SMILES string of the molecule is COCCC(Br)C(C)c1ccncc1. The quantitative estimate of drug-likeness (QED) is 0.757. The maximum Gasteiger partial charge on any atom is 0.0473 e. The number of rotatable bonds is 5. The van der Waals surface area contributed by atoms with Crippen LogP contribution in [0.25, 0.3) is 0 Å². The fraction of sp³-hybridized carbons (Fsp3) is 0.545. The van der Waals surface area contributed by atoms with Crippen molar-refractivity contribution in [1.82, 2.24) is 4.98 Å². The van der Waals surface area contributed by atoms with E-state index < -0.39 is 0 Å². The molecule has 0 saturated carbocycles. The Bertz CT molecular complexity index is 253. The summed E-state index contributed by atoms with van der Waals surface area (Å²) in [5.74, 6) is 0.494. The Morgan fingerprint density at radius 3 is 2.64 bits per heavy atom. The Morgan fingerprint density at radius 1 is 1.43 bits per heavy atom. The van der Waals surface area contributed by atoms with E-state index in [9.17, 15) is 0 Å². The van der Waals surface area contributed by atoms with Gasteiger partial charge in [-0.1, -0.05) is 22.9 Å². The molecule has 0 fully saturated rings. The highest BCUT2D eigenvalue weighted by Gasteiger charge is 2.15. The minimum absolute atomic E-state index is 0.463. The van der Waals surface area contributed by atoms with Crippen LogP contribution in [0.15, 0.2) is 24.5 Å². The van der Waals surface area contributed by atoms with Crippen molar-refractivity contribution in [2.24, 2.45) is 0 Å². The van der Waals surface area contributed by atoms with Gasteiger partial charge in [-0.2, -0.15) is 0 Å². The third-order valence-corrected chi connectivity index (χ3v) is 3.62. The zero-order valence-electron chi connectivity index (χ0n) is 8.61. The molecule has 0 bridgehead atoms. The first kappa shape index (κ1) is 11.7. The Balaban J connectivity index is 2.52. The van der Waals surface area contributed by atoms with Crippen molar-refractivity contribution >= 4 is 15.9 Å². The highest BCUT2D eigenvalue weighted by atomic mass is 79.9. The minimum atomic E-state index is 0.463. The standard InChI is InChI=1S/C11H16BrNO/c1-9(11(12)5-8-14-2)10-3-6-13-7-4-10/h3-4,6-7,9,11H,5,8H2,1-2H3. The second-order valence-corrected chi connectivity index (χ2v) is 4.54. The average Bonchev–Trinajstić information content (AvgIpc) is 2.26. The van der Waals surface area contributed by atoms with Crippen LogP contribution in [0.3, 0.4) is 0 Å². The van der Waals surface area contributed by atoms with E-state index in [1.165, 1.54) is 5.56 Å². The first-order chi connectivity index (χ1) is 6.75. The molecule has 2 atom stereocenters. The lowest BCUT2D eigenvalue weighted by atomic mass is 9.97. The molecule has 3 heteroatoms. The molecule has 0 radical (unpaired) electrons. The van der Waals surface area contributed by atoms with Gasteiger partial charge in [0.05, 0.1) is 0 Å². The van der Waals surface area contributed by atoms with E-state index in [1.807, 2.05) is 12.4 Å². The highest BCUT2D eigenvalue weighted by molar-refractivity contribution is 9.09. The summed E-state index contributed by atoms with van der Waals surface area (Å²) in [6.45, 7) is 3.01. The number of alkyl halides is 1. The molecular weight excluding hydrogens is 242 g/mol. The van der Waals surface area contributed by atoms with E-state index in [4.69, 9.17) is 4.74 Å². The monoisotopic (exact) mass is 257 g/mol. The Hall–Kier alpha value is -0.410. The number of ether oxygens (including phenoxy) is 1. The fourth-order valence-electron chi connectivity index (χ4n) is 1.36. The summed E-state index contributed by atoms with van der Waals surface area (Å²) in [5.41, 5.74) is 1.32. The summed E-state index contributed by atoms with van der Waals surface area (Å²) in [4.78, 5) is 4.47. The topological polar surface area (TPSA) is 22.1 Å². The van der Waals surface area contributed by atoms with Crippen molar-refractivity contribution in [2.75, 3.05) is 13.7 Å². The minimum Gasteiger partial charge on any atom is -0.385 e. The summed E-state index contributed by atoms with van der Waals surface area (Å²) < 4.78 is 5.06. The van der Waals surface area contributed by atoms with Crippen LogP contribution >= 0.6 is 15.9 Å². The summed E-state index contributed by atoms with van der Waals surface area (Å²) in [5, 5.41) is 0. The van der Waals surface area contributed by atoms with Crippen LogP contribution in [0.5, 0.6) is 0 Å². The van der Waals surface area contributed by atoms with Gasteiger partial charge in [0.25, 0.3) is 0 Å². The molecule has 1 heterocycles. The van der Waals surface area contributed by atoms with Gasteiger partial charge in [0, 0.05) is 30.9 Å². The Morgan fingerprint density at radius 2 is 2.07 bits per heavy atom. The first-order valence-corrected chi connectivity index (χ1v) is 5.70. The molecule has 0 spiro atoms. The summed E-state index contributed by atoms with van der Waals surface area (Å²) in [6.07, 6.45) is 4.70. The molecule has 14 heavy (non-hydrogen) atoms. The van der Waals surface area contributed by atoms with Gasteiger partial charge in [0.1, 0.15) is 0 Å². The second-order valence-electron chi connectivity index (χ2n) is 3.37. The smallest absolute Gasteiger partial charge is 0.0473 e. The van der Waals surface area contributed by atoms with Crippen molar-refractivity contribution in [3.63, 3.8) is 0 Å². The van der Waals surface area contributed by atoms with E-state index in [2.05, 4.69) is 40.0 Å². The van der Waals surface area contributed by atoms with Crippen LogP contribution in [0.2, 0.25) is 0 Å². The van der Waals surface area contributed by atoms with E-state index in [0.29, 0.717) is 10.7 Å². The predicted molar refractivity (Wildman–Crippen MR) is 61.9 cm³/mol. The van der Waals surface area contributed by atoms with Gasteiger partial charge in [-0.15, -0.1) is 0 Å². The number of nitrogens with zero attached hydrogens (tertiary/aromatic N) is 1. The lowest BCUT2D eigenvalue weighted by Crippen LogP contribution is -2.11. The van der Waals surface area contributed by atoms with Crippen LogP contribution in [0, 0.1) is 0 Å². The van der Waals surface area contributed by atoms with Gasteiger partial charge in [-0.25, -0.2) is 0 Å². The molecule has 0 N–H and O–H groups in total. The Labute approximate surface area is 93.8 Å². The predicted octanol–water partition coefficient (Wildman–Crippen LogP) is 2.99. The fourth-order valence-corrected chi connectivity index (χ4v) is 1.85. The molecule has 0 saturated heterocycles. The summed E-state index contributed by atoms with van der Waals surface area (Å²) in [6, 6.07) is 4.12. The Kier molecular flexibility index (Phi) is 5.12. The molecule has 0 amide bonds. The van der Waals surface area contributed by atoms with Gasteiger partial charge in [-0.05, 0) is 30.0 Å². The van der Waals surface area contributed by atoms with Crippen molar-refractivity contribution in [2.45, 2.75) is 24.1 Å². The van der Waals surface area contributed by atoms with E-state index in [-0.39, 0.29) is 0 Å². The van der Waals surface area contributed by atoms with Gasteiger partial charge in [-0.3, -0.25) is 4.98 Å². The van der Waals surface area contributed by atoms with Crippen molar-refractivity contribution in [1.29, 1.82) is 0 Å². The first-order valence-electron chi connectivity index (χ1n) is 4.78. The third kappa shape index (κ3) is 3.39. The van der Waals surface area contributed by atoms with Crippen molar-refractivity contribution in [3.05, 3.63) is 30.1 Å². The largest absolute Gasteiger partial charge is 0.385 e. The van der Waals surface area contributed by atoms with Crippen LogP contribution in [-0.4, -0.2) is 23.5 Å². The van der Waals surface area contributed by atoms with Crippen LogP contribution in [-0.2, 0) is 4.74 Å². The summed E-state index contributed by atoms with van der Waals surface area (Å²) in [7, 11) is 1.73. The molecular formula is C11H16BrNO. The van der Waals surface area contributed by atoms with Gasteiger partial charge in [0.15, 0.2) is 0 Å². The second kappa shape index (κ2) is 6.14. The lowest BCUT2D eigenvalue weighted by molar-refractivity contribution is 0.193. The number of pyridine rings is 1. The van der Waals surface area contributed by atoms with Crippen LogP contribution in [0.4, 0.5) is 0 Å². The molecule has 0 aliphatic rings. The van der Waals surface area contributed by atoms with Crippen molar-refractivity contribution < 1.29 is 4.74 Å². The lowest BCUT2D eigenvalue weighted by Gasteiger charge is -2.17. The normalized spacial score (nSPS) is 15.1. The molecule has 0 aromatic carbocycles. The third-order valence-electron chi connectivity index (χ3n) is 2.37. The van der Waals surface area contributed by atoms with Gasteiger partial charge >= 0.3 is 0 Å². The number of methoxy groups -OCH3 is 1. The highest BCUT2D eigenvalue weighted by Crippen LogP contribution is 2.26. The molecule has 2 unspecified atom stereocenters. The molecule has 0 aliphatic carbocycles.